The van der Waals surface area contributed by atoms with E-state index in [0.29, 0.717) is 12.1 Å². The molecule has 1 N–H and O–H groups in total. The molecule has 60 valence electrons. The molecule has 1 unspecified atom stereocenters. The number of hydrogen-bond donors (Lipinski definition) is 1. The third-order valence-corrected chi connectivity index (χ3v) is 2.21. The minimum Gasteiger partial charge on any atom is -0.311 e. The van der Waals surface area contributed by atoms with Gasteiger partial charge in [-0.05, 0) is 26.2 Å². The van der Waals surface area contributed by atoms with Gasteiger partial charge in [-0.3, -0.25) is 0 Å². The molecule has 0 aliphatic heterocycles. The molecule has 0 bridgehead atoms. The van der Waals surface area contributed by atoms with Gasteiger partial charge in [0.25, 0.3) is 0 Å². The third kappa shape index (κ3) is 1.94. The molecular formula is C8H16FN. The van der Waals surface area contributed by atoms with Crippen LogP contribution in [0, 0.1) is 0 Å². The van der Waals surface area contributed by atoms with Gasteiger partial charge in [-0.2, -0.15) is 0 Å². The highest BCUT2D eigenvalue weighted by Gasteiger charge is 2.28. The summed E-state index contributed by atoms with van der Waals surface area (Å²) >= 11 is 0. The van der Waals surface area contributed by atoms with Crippen LogP contribution >= 0.6 is 0 Å². The fourth-order valence-corrected chi connectivity index (χ4v) is 1.20. The number of nitrogens with one attached hydrogen (secondary N) is 1. The summed E-state index contributed by atoms with van der Waals surface area (Å²) in [5.74, 6) is 0. The molecule has 0 aromatic carbocycles. The summed E-state index contributed by atoms with van der Waals surface area (Å²) in [5, 5.41) is 3.36. The first-order valence-corrected chi connectivity index (χ1v) is 4.12. The van der Waals surface area contributed by atoms with Crippen molar-refractivity contribution in [1.29, 1.82) is 0 Å². The summed E-state index contributed by atoms with van der Waals surface area (Å²) in [5.41, 5.74) is 0. The molecule has 0 aromatic heterocycles. The lowest BCUT2D eigenvalue weighted by atomic mass is 9.90. The zero-order chi connectivity index (χ0) is 7.56. The number of hydrogen-bond acceptors (Lipinski definition) is 1. The average Bonchev–Trinajstić information content (AvgIpc) is 1.84. The normalized spacial score (nSPS) is 35.1. The van der Waals surface area contributed by atoms with Gasteiger partial charge in [0, 0.05) is 12.1 Å². The summed E-state index contributed by atoms with van der Waals surface area (Å²) in [7, 11) is 0. The first-order chi connectivity index (χ1) is 4.72. The lowest BCUT2D eigenvalue weighted by molar-refractivity contribution is 0.147. The van der Waals surface area contributed by atoms with Crippen LogP contribution in [0.4, 0.5) is 4.39 Å². The maximum atomic E-state index is 12.3. The van der Waals surface area contributed by atoms with Crippen LogP contribution in [-0.4, -0.2) is 18.3 Å². The highest BCUT2D eigenvalue weighted by Crippen LogP contribution is 2.23. The van der Waals surface area contributed by atoms with E-state index in [2.05, 4.69) is 19.2 Å². The Bertz CT molecular complexity index is 99.4. The number of alkyl halides is 1. The maximum Gasteiger partial charge on any atom is 0.103 e. The molecule has 0 spiro atoms. The number of halogens is 1. The summed E-state index contributed by atoms with van der Waals surface area (Å²) < 4.78 is 12.3. The van der Waals surface area contributed by atoms with E-state index in [1.807, 2.05) is 0 Å². The second kappa shape index (κ2) is 3.33. The van der Waals surface area contributed by atoms with E-state index in [1.54, 1.807) is 0 Å². The van der Waals surface area contributed by atoms with Crippen LogP contribution < -0.4 is 5.32 Å². The van der Waals surface area contributed by atoms with Crippen molar-refractivity contribution in [2.45, 2.75) is 51.4 Å². The third-order valence-electron chi connectivity index (χ3n) is 2.21. The molecule has 10 heavy (non-hydrogen) atoms. The van der Waals surface area contributed by atoms with Gasteiger partial charge < -0.3 is 5.32 Å². The predicted octanol–water partition coefficient (Wildman–Crippen LogP) is 1.88. The first-order valence-electron chi connectivity index (χ1n) is 4.12. The molecule has 0 amide bonds. The zero-order valence-electron chi connectivity index (χ0n) is 6.73. The molecule has 0 radical (unpaired) electrons. The maximum absolute atomic E-state index is 12.3. The smallest absolute Gasteiger partial charge is 0.103 e. The van der Waals surface area contributed by atoms with E-state index < -0.39 is 6.17 Å². The van der Waals surface area contributed by atoms with Gasteiger partial charge in [0.2, 0.25) is 0 Å². The van der Waals surface area contributed by atoms with Gasteiger partial charge >= 0.3 is 0 Å². The molecule has 0 aromatic rings. The molecule has 0 saturated heterocycles. The van der Waals surface area contributed by atoms with Gasteiger partial charge in [0.05, 0.1) is 0 Å². The molecule has 1 rings (SSSR count). The highest BCUT2D eigenvalue weighted by molar-refractivity contribution is 4.86. The van der Waals surface area contributed by atoms with Gasteiger partial charge in [-0.25, -0.2) is 4.39 Å². The highest BCUT2D eigenvalue weighted by atomic mass is 19.1. The van der Waals surface area contributed by atoms with E-state index in [4.69, 9.17) is 0 Å². The van der Waals surface area contributed by atoms with Gasteiger partial charge in [0.1, 0.15) is 6.17 Å². The van der Waals surface area contributed by atoms with Crippen molar-refractivity contribution in [3.8, 4) is 0 Å². The van der Waals surface area contributed by atoms with Crippen molar-refractivity contribution in [3.63, 3.8) is 0 Å². The Morgan fingerprint density at radius 3 is 2.60 bits per heavy atom. The predicted molar refractivity (Wildman–Crippen MR) is 40.8 cm³/mol. The van der Waals surface area contributed by atoms with Crippen LogP contribution in [0.25, 0.3) is 0 Å². The first kappa shape index (κ1) is 7.99. The fourth-order valence-electron chi connectivity index (χ4n) is 1.20. The van der Waals surface area contributed by atoms with E-state index in [0.717, 1.165) is 19.3 Å². The molecule has 1 saturated carbocycles. The Hall–Kier alpha value is -0.110. The van der Waals surface area contributed by atoms with Gasteiger partial charge in [-0.15, -0.1) is 0 Å². The van der Waals surface area contributed by atoms with E-state index >= 15 is 0 Å². The minimum absolute atomic E-state index is 0.463. The topological polar surface area (TPSA) is 12.0 Å². The minimum atomic E-state index is -0.526. The molecule has 1 nitrogen and oxygen atoms in total. The second-order valence-electron chi connectivity index (χ2n) is 3.24. The largest absolute Gasteiger partial charge is 0.311 e. The van der Waals surface area contributed by atoms with Crippen LogP contribution in [-0.2, 0) is 0 Å². The summed E-state index contributed by atoms with van der Waals surface area (Å²) in [4.78, 5) is 0. The van der Waals surface area contributed by atoms with Crippen molar-refractivity contribution in [2.24, 2.45) is 0 Å². The SMILES string of the molecule is CCC(C)NC1CC(F)C1. The van der Waals surface area contributed by atoms with Crippen LogP contribution in [0.3, 0.4) is 0 Å². The molecule has 0 heterocycles. The summed E-state index contributed by atoms with van der Waals surface area (Å²) in [6.45, 7) is 4.29. The Morgan fingerprint density at radius 2 is 2.20 bits per heavy atom. The molecule has 1 fully saturated rings. The fraction of sp³-hybridized carbons (Fsp3) is 1.00. The van der Waals surface area contributed by atoms with Crippen molar-refractivity contribution >= 4 is 0 Å². The Morgan fingerprint density at radius 1 is 1.60 bits per heavy atom. The number of rotatable bonds is 3. The van der Waals surface area contributed by atoms with E-state index in [1.165, 1.54) is 0 Å². The Labute approximate surface area is 62.0 Å². The lowest BCUT2D eigenvalue weighted by Gasteiger charge is -2.32. The molecule has 1 atom stereocenters. The van der Waals surface area contributed by atoms with Crippen molar-refractivity contribution in [2.75, 3.05) is 0 Å². The van der Waals surface area contributed by atoms with E-state index in [9.17, 15) is 4.39 Å². The summed E-state index contributed by atoms with van der Waals surface area (Å²) in [6.07, 6.45) is 2.06. The standard InChI is InChI=1S/C8H16FN/c1-3-6(2)10-8-4-7(9)5-8/h6-8,10H,3-5H2,1-2H3. The van der Waals surface area contributed by atoms with Crippen LogP contribution in [0.5, 0.6) is 0 Å². The zero-order valence-corrected chi connectivity index (χ0v) is 6.73. The molecular weight excluding hydrogens is 129 g/mol. The lowest BCUT2D eigenvalue weighted by Crippen LogP contribution is -2.46. The van der Waals surface area contributed by atoms with Crippen molar-refractivity contribution in [3.05, 3.63) is 0 Å². The monoisotopic (exact) mass is 145 g/mol. The quantitative estimate of drug-likeness (QED) is 0.639. The van der Waals surface area contributed by atoms with Crippen molar-refractivity contribution in [1.82, 2.24) is 5.32 Å². The van der Waals surface area contributed by atoms with Crippen molar-refractivity contribution < 1.29 is 4.39 Å². The summed E-state index contributed by atoms with van der Waals surface area (Å²) in [6, 6.07) is 1.02. The van der Waals surface area contributed by atoms with Crippen LogP contribution in [0.1, 0.15) is 33.1 Å². The molecule has 1 aliphatic carbocycles. The van der Waals surface area contributed by atoms with Crippen LogP contribution in [0.2, 0.25) is 0 Å². The average molecular weight is 145 g/mol. The van der Waals surface area contributed by atoms with Gasteiger partial charge in [0.15, 0.2) is 0 Å². The Kier molecular flexibility index (Phi) is 2.66. The second-order valence-corrected chi connectivity index (χ2v) is 3.24. The molecule has 2 heteroatoms. The van der Waals surface area contributed by atoms with Gasteiger partial charge in [-0.1, -0.05) is 6.92 Å². The Balaban J connectivity index is 2.04. The van der Waals surface area contributed by atoms with E-state index in [-0.39, 0.29) is 0 Å². The van der Waals surface area contributed by atoms with Crippen LogP contribution in [0.15, 0.2) is 0 Å². The molecule has 1 aliphatic rings.